The van der Waals surface area contributed by atoms with Crippen molar-refractivity contribution < 1.29 is 9.26 Å². The number of hydrogen-bond acceptors (Lipinski definition) is 5. The minimum atomic E-state index is -0.221. The van der Waals surface area contributed by atoms with Crippen LogP contribution in [-0.4, -0.2) is 29.9 Å². The zero-order valence-corrected chi connectivity index (χ0v) is 13.3. The lowest BCUT2D eigenvalue weighted by molar-refractivity contribution is 0.0409. The first-order chi connectivity index (χ1) is 10.2. The van der Waals surface area contributed by atoms with Gasteiger partial charge in [0.2, 0.25) is 5.89 Å². The van der Waals surface area contributed by atoms with Crippen LogP contribution in [0.2, 0.25) is 0 Å². The molecule has 1 fully saturated rings. The Bertz CT molecular complexity index is 608. The highest BCUT2D eigenvalue weighted by atomic mass is 79.9. The molecule has 0 radical (unpaired) electrons. The molecule has 0 unspecified atom stereocenters. The summed E-state index contributed by atoms with van der Waals surface area (Å²) in [5, 5.41) is 4.11. The molecule has 1 aliphatic rings. The minimum Gasteiger partial charge on any atom is -0.381 e. The van der Waals surface area contributed by atoms with Crippen molar-refractivity contribution in [2.24, 2.45) is 5.73 Å². The first kappa shape index (κ1) is 14.7. The van der Waals surface area contributed by atoms with Crippen molar-refractivity contribution in [3.8, 4) is 0 Å². The molecule has 1 aromatic heterocycles. The summed E-state index contributed by atoms with van der Waals surface area (Å²) in [6.45, 7) is 1.90. The molecule has 0 atom stereocenters. The van der Waals surface area contributed by atoms with E-state index in [0.717, 1.165) is 22.9 Å². The fraction of sp³-hybridized carbons (Fsp3) is 0.467. The van der Waals surface area contributed by atoms with E-state index in [-0.39, 0.29) is 5.41 Å². The highest BCUT2D eigenvalue weighted by Crippen LogP contribution is 2.32. The van der Waals surface area contributed by atoms with Gasteiger partial charge in [-0.05, 0) is 30.5 Å². The molecule has 112 valence electrons. The van der Waals surface area contributed by atoms with Gasteiger partial charge in [0.1, 0.15) is 0 Å². The van der Waals surface area contributed by atoms with E-state index in [1.807, 2.05) is 18.2 Å². The van der Waals surface area contributed by atoms with Gasteiger partial charge in [-0.1, -0.05) is 33.2 Å². The molecule has 2 N–H and O–H groups in total. The average Bonchev–Trinajstić information content (AvgIpc) is 2.97. The van der Waals surface area contributed by atoms with Crippen molar-refractivity contribution in [2.75, 3.05) is 19.8 Å². The third-order valence-corrected chi connectivity index (χ3v) is 4.51. The van der Waals surface area contributed by atoms with Gasteiger partial charge in [-0.3, -0.25) is 0 Å². The Labute approximate surface area is 132 Å². The van der Waals surface area contributed by atoms with Crippen molar-refractivity contribution in [3.63, 3.8) is 0 Å². The van der Waals surface area contributed by atoms with Crippen LogP contribution in [0.5, 0.6) is 0 Å². The molecule has 0 amide bonds. The molecule has 2 aromatic rings. The molecule has 0 spiro atoms. The van der Waals surface area contributed by atoms with E-state index >= 15 is 0 Å². The molecule has 2 heterocycles. The normalized spacial score (nSPS) is 17.8. The molecule has 0 aliphatic carbocycles. The van der Waals surface area contributed by atoms with Crippen molar-refractivity contribution in [1.82, 2.24) is 10.1 Å². The quantitative estimate of drug-likeness (QED) is 0.915. The van der Waals surface area contributed by atoms with Gasteiger partial charge >= 0.3 is 0 Å². The largest absolute Gasteiger partial charge is 0.381 e. The van der Waals surface area contributed by atoms with Gasteiger partial charge in [0.15, 0.2) is 5.82 Å². The lowest BCUT2D eigenvalue weighted by atomic mass is 9.80. The second-order valence-corrected chi connectivity index (χ2v) is 6.33. The van der Waals surface area contributed by atoms with Gasteiger partial charge in [-0.15, -0.1) is 0 Å². The first-order valence-corrected chi connectivity index (χ1v) is 7.86. The Morgan fingerprint density at radius 3 is 2.81 bits per heavy atom. The Morgan fingerprint density at radius 2 is 2.10 bits per heavy atom. The number of ether oxygens (including phenoxy) is 1. The van der Waals surface area contributed by atoms with E-state index in [0.29, 0.717) is 37.9 Å². The van der Waals surface area contributed by atoms with Crippen LogP contribution in [0.3, 0.4) is 0 Å². The van der Waals surface area contributed by atoms with E-state index in [2.05, 4.69) is 32.1 Å². The summed E-state index contributed by atoms with van der Waals surface area (Å²) in [7, 11) is 0. The van der Waals surface area contributed by atoms with E-state index in [1.54, 1.807) is 0 Å². The van der Waals surface area contributed by atoms with Gasteiger partial charge in [0, 0.05) is 30.7 Å². The molecule has 0 bridgehead atoms. The predicted octanol–water partition coefficient (Wildman–Crippen LogP) is 2.43. The van der Waals surface area contributed by atoms with Crippen LogP contribution in [0.4, 0.5) is 0 Å². The van der Waals surface area contributed by atoms with Gasteiger partial charge < -0.3 is 15.0 Å². The first-order valence-electron chi connectivity index (χ1n) is 7.07. The predicted molar refractivity (Wildman–Crippen MR) is 82.0 cm³/mol. The maximum Gasteiger partial charge on any atom is 0.234 e. The summed E-state index contributed by atoms with van der Waals surface area (Å²) in [5.74, 6) is 1.35. The number of rotatable bonds is 4. The Balaban J connectivity index is 1.79. The highest BCUT2D eigenvalue weighted by Gasteiger charge is 2.38. The summed E-state index contributed by atoms with van der Waals surface area (Å²) >= 11 is 3.47. The summed E-state index contributed by atoms with van der Waals surface area (Å²) in [4.78, 5) is 4.57. The Hall–Kier alpha value is -1.24. The van der Waals surface area contributed by atoms with Gasteiger partial charge in [0.05, 0.1) is 5.41 Å². The molecule has 1 saturated heterocycles. The topological polar surface area (TPSA) is 74.2 Å². The van der Waals surface area contributed by atoms with E-state index in [4.69, 9.17) is 15.0 Å². The second kappa shape index (κ2) is 6.25. The van der Waals surface area contributed by atoms with Gasteiger partial charge in [-0.25, -0.2) is 0 Å². The maximum absolute atomic E-state index is 5.96. The van der Waals surface area contributed by atoms with Crippen molar-refractivity contribution >= 4 is 15.9 Å². The molecule has 0 saturated carbocycles. The fourth-order valence-electron chi connectivity index (χ4n) is 2.64. The van der Waals surface area contributed by atoms with Crippen LogP contribution >= 0.6 is 15.9 Å². The Kier molecular flexibility index (Phi) is 4.37. The van der Waals surface area contributed by atoms with Gasteiger partial charge in [-0.2, -0.15) is 4.98 Å². The highest BCUT2D eigenvalue weighted by molar-refractivity contribution is 9.10. The van der Waals surface area contributed by atoms with Crippen molar-refractivity contribution in [1.29, 1.82) is 0 Å². The molecular formula is C15H18BrN3O2. The monoisotopic (exact) mass is 351 g/mol. The second-order valence-electron chi connectivity index (χ2n) is 5.42. The number of nitrogens with zero attached hydrogens (tertiary/aromatic N) is 2. The number of halogens is 1. The molecule has 1 aromatic carbocycles. The van der Waals surface area contributed by atoms with Crippen molar-refractivity contribution in [2.45, 2.75) is 24.7 Å². The zero-order chi connectivity index (χ0) is 14.7. The SMILES string of the molecule is NCC1(c2nc(Cc3cccc(Br)c3)no2)CCOCC1. The average molecular weight is 352 g/mol. The maximum atomic E-state index is 5.96. The lowest BCUT2D eigenvalue weighted by Crippen LogP contribution is -2.40. The molecule has 21 heavy (non-hydrogen) atoms. The van der Waals surface area contributed by atoms with E-state index in [1.165, 1.54) is 0 Å². The number of hydrogen-bond donors (Lipinski definition) is 1. The van der Waals surface area contributed by atoms with Crippen LogP contribution in [0.15, 0.2) is 33.3 Å². The molecule has 5 nitrogen and oxygen atoms in total. The fourth-order valence-corrected chi connectivity index (χ4v) is 3.08. The van der Waals surface area contributed by atoms with E-state index < -0.39 is 0 Å². The van der Waals surface area contributed by atoms with Crippen LogP contribution in [0, 0.1) is 0 Å². The Morgan fingerprint density at radius 1 is 1.29 bits per heavy atom. The molecule has 1 aliphatic heterocycles. The summed E-state index contributed by atoms with van der Waals surface area (Å²) in [6.07, 6.45) is 2.32. The van der Waals surface area contributed by atoms with Gasteiger partial charge in [0.25, 0.3) is 0 Å². The van der Waals surface area contributed by atoms with Crippen LogP contribution < -0.4 is 5.73 Å². The van der Waals surface area contributed by atoms with Crippen LogP contribution in [0.25, 0.3) is 0 Å². The van der Waals surface area contributed by atoms with Crippen LogP contribution in [0.1, 0.15) is 30.1 Å². The zero-order valence-electron chi connectivity index (χ0n) is 11.7. The van der Waals surface area contributed by atoms with Crippen molar-refractivity contribution in [3.05, 3.63) is 46.0 Å². The molecule has 3 rings (SSSR count). The summed E-state index contributed by atoms with van der Waals surface area (Å²) < 4.78 is 12.0. The minimum absolute atomic E-state index is 0.221. The number of benzene rings is 1. The summed E-state index contributed by atoms with van der Waals surface area (Å²) in [5.41, 5.74) is 6.88. The third-order valence-electron chi connectivity index (χ3n) is 4.01. The van der Waals surface area contributed by atoms with Crippen LogP contribution in [-0.2, 0) is 16.6 Å². The number of aromatic nitrogens is 2. The van der Waals surface area contributed by atoms with E-state index in [9.17, 15) is 0 Å². The number of nitrogens with two attached hydrogens (primary N) is 1. The smallest absolute Gasteiger partial charge is 0.234 e. The molecule has 6 heteroatoms. The molecular weight excluding hydrogens is 334 g/mol. The summed E-state index contributed by atoms with van der Waals surface area (Å²) in [6, 6.07) is 8.11. The third kappa shape index (κ3) is 3.17. The lowest BCUT2D eigenvalue weighted by Gasteiger charge is -2.32. The standard InChI is InChI=1S/C15H18BrN3O2/c16-12-3-1-2-11(8-12)9-13-18-14(21-19-13)15(10-17)4-6-20-7-5-15/h1-3,8H,4-7,9-10,17H2.